The molecule has 0 radical (unpaired) electrons. The van der Waals surface area contributed by atoms with Crippen LogP contribution in [0.2, 0.25) is 0 Å². The monoisotopic (exact) mass is 305 g/mol. The number of benzene rings is 1. The standard InChI is InChI=1S/C15H22F3NO2/c1-3-7-19-11-12-5-6-14(21-9-8-20-4-2)13(10-12)15(16,17)18/h5-6,10,19H,3-4,7-9,11H2,1-2H3. The number of halogens is 3. The van der Waals surface area contributed by atoms with Crippen LogP contribution in [0.3, 0.4) is 0 Å². The highest BCUT2D eigenvalue weighted by Gasteiger charge is 2.34. The van der Waals surface area contributed by atoms with Crippen molar-refractivity contribution in [1.29, 1.82) is 0 Å². The molecule has 0 saturated heterocycles. The fourth-order valence-electron chi connectivity index (χ4n) is 1.80. The van der Waals surface area contributed by atoms with Crippen LogP contribution in [0, 0.1) is 0 Å². The highest BCUT2D eigenvalue weighted by atomic mass is 19.4. The molecule has 0 aliphatic heterocycles. The minimum Gasteiger partial charge on any atom is -0.491 e. The zero-order chi connectivity index (χ0) is 15.7. The van der Waals surface area contributed by atoms with Crippen molar-refractivity contribution in [3.63, 3.8) is 0 Å². The first-order valence-corrected chi connectivity index (χ1v) is 7.10. The lowest BCUT2D eigenvalue weighted by atomic mass is 10.1. The third-order valence-corrected chi connectivity index (χ3v) is 2.79. The van der Waals surface area contributed by atoms with Gasteiger partial charge in [0.1, 0.15) is 12.4 Å². The Morgan fingerprint density at radius 1 is 1.14 bits per heavy atom. The summed E-state index contributed by atoms with van der Waals surface area (Å²) >= 11 is 0. The molecule has 0 spiro atoms. The first-order valence-electron chi connectivity index (χ1n) is 7.10. The van der Waals surface area contributed by atoms with E-state index in [-0.39, 0.29) is 19.0 Å². The molecule has 1 aromatic rings. The molecule has 0 bridgehead atoms. The lowest BCUT2D eigenvalue weighted by molar-refractivity contribution is -0.139. The Labute approximate surface area is 123 Å². The number of rotatable bonds is 9. The highest BCUT2D eigenvalue weighted by molar-refractivity contribution is 5.39. The van der Waals surface area contributed by atoms with Crippen molar-refractivity contribution in [2.75, 3.05) is 26.4 Å². The van der Waals surface area contributed by atoms with Gasteiger partial charge in [0.2, 0.25) is 0 Å². The van der Waals surface area contributed by atoms with Gasteiger partial charge in [-0.15, -0.1) is 0 Å². The van der Waals surface area contributed by atoms with Crippen LogP contribution in [0.1, 0.15) is 31.4 Å². The summed E-state index contributed by atoms with van der Waals surface area (Å²) in [5.74, 6) is -0.151. The molecule has 120 valence electrons. The summed E-state index contributed by atoms with van der Waals surface area (Å²) in [6.07, 6.45) is -3.49. The highest BCUT2D eigenvalue weighted by Crippen LogP contribution is 2.36. The van der Waals surface area contributed by atoms with Gasteiger partial charge in [-0.25, -0.2) is 0 Å². The molecule has 0 aliphatic rings. The van der Waals surface area contributed by atoms with Crippen LogP contribution in [0.25, 0.3) is 0 Å². The van der Waals surface area contributed by atoms with Crippen molar-refractivity contribution >= 4 is 0 Å². The Hall–Kier alpha value is -1.27. The zero-order valence-corrected chi connectivity index (χ0v) is 12.4. The molecule has 0 fully saturated rings. The number of ether oxygens (including phenoxy) is 2. The molecule has 0 saturated carbocycles. The van der Waals surface area contributed by atoms with Crippen LogP contribution in [0.15, 0.2) is 18.2 Å². The minimum absolute atomic E-state index is 0.102. The molecular formula is C15H22F3NO2. The van der Waals surface area contributed by atoms with Gasteiger partial charge in [-0.3, -0.25) is 0 Å². The third kappa shape index (κ3) is 6.35. The largest absolute Gasteiger partial charge is 0.491 e. The smallest absolute Gasteiger partial charge is 0.419 e. The molecule has 21 heavy (non-hydrogen) atoms. The van der Waals surface area contributed by atoms with E-state index in [1.165, 1.54) is 6.07 Å². The van der Waals surface area contributed by atoms with Crippen LogP contribution in [0.4, 0.5) is 13.2 Å². The van der Waals surface area contributed by atoms with E-state index in [1.807, 2.05) is 13.8 Å². The lowest BCUT2D eigenvalue weighted by Crippen LogP contribution is -2.16. The Morgan fingerprint density at radius 3 is 2.52 bits per heavy atom. The quantitative estimate of drug-likeness (QED) is 0.707. The fourth-order valence-corrected chi connectivity index (χ4v) is 1.80. The van der Waals surface area contributed by atoms with Crippen LogP contribution >= 0.6 is 0 Å². The molecule has 0 aromatic heterocycles. The molecule has 0 aliphatic carbocycles. The maximum atomic E-state index is 13.1. The maximum absolute atomic E-state index is 13.1. The van der Waals surface area contributed by atoms with E-state index in [1.54, 1.807) is 6.07 Å². The molecule has 1 rings (SSSR count). The van der Waals surface area contributed by atoms with E-state index in [9.17, 15) is 13.2 Å². The van der Waals surface area contributed by atoms with Crippen LogP contribution in [-0.4, -0.2) is 26.4 Å². The Bertz CT molecular complexity index is 422. The second-order valence-electron chi connectivity index (χ2n) is 4.55. The van der Waals surface area contributed by atoms with Crippen molar-refractivity contribution in [3.8, 4) is 5.75 Å². The number of alkyl halides is 3. The van der Waals surface area contributed by atoms with E-state index in [0.29, 0.717) is 18.7 Å². The van der Waals surface area contributed by atoms with Gasteiger partial charge in [-0.2, -0.15) is 13.2 Å². The summed E-state index contributed by atoms with van der Waals surface area (Å²) in [5.41, 5.74) is -0.150. The molecule has 0 amide bonds. The molecule has 1 N–H and O–H groups in total. The van der Waals surface area contributed by atoms with E-state index in [2.05, 4.69) is 5.32 Å². The zero-order valence-electron chi connectivity index (χ0n) is 12.4. The van der Waals surface area contributed by atoms with Crippen molar-refractivity contribution in [1.82, 2.24) is 5.32 Å². The molecular weight excluding hydrogens is 283 g/mol. The molecule has 3 nitrogen and oxygen atoms in total. The van der Waals surface area contributed by atoms with Gasteiger partial charge in [-0.05, 0) is 37.6 Å². The van der Waals surface area contributed by atoms with Crippen molar-refractivity contribution in [2.45, 2.75) is 33.0 Å². The molecule has 6 heteroatoms. The van der Waals surface area contributed by atoms with Crippen molar-refractivity contribution in [3.05, 3.63) is 29.3 Å². The summed E-state index contributed by atoms with van der Waals surface area (Å²) in [7, 11) is 0. The van der Waals surface area contributed by atoms with Gasteiger partial charge < -0.3 is 14.8 Å². The van der Waals surface area contributed by atoms with Crippen LogP contribution in [-0.2, 0) is 17.5 Å². The molecule has 0 unspecified atom stereocenters. The second kappa shape index (κ2) is 8.89. The van der Waals surface area contributed by atoms with Gasteiger partial charge in [0.05, 0.1) is 12.2 Å². The van der Waals surface area contributed by atoms with Crippen molar-refractivity contribution < 1.29 is 22.6 Å². The summed E-state index contributed by atoms with van der Waals surface area (Å²) in [6.45, 7) is 5.89. The van der Waals surface area contributed by atoms with Crippen LogP contribution < -0.4 is 10.1 Å². The van der Waals surface area contributed by atoms with Gasteiger partial charge in [-0.1, -0.05) is 13.0 Å². The average Bonchev–Trinajstić information content (AvgIpc) is 2.44. The molecule has 0 atom stereocenters. The third-order valence-electron chi connectivity index (χ3n) is 2.79. The Balaban J connectivity index is 2.77. The first-order chi connectivity index (χ1) is 9.99. The average molecular weight is 305 g/mol. The van der Waals surface area contributed by atoms with E-state index < -0.39 is 11.7 Å². The number of hydrogen-bond acceptors (Lipinski definition) is 3. The van der Waals surface area contributed by atoms with E-state index >= 15 is 0 Å². The lowest BCUT2D eigenvalue weighted by Gasteiger charge is -2.15. The normalized spacial score (nSPS) is 11.7. The van der Waals surface area contributed by atoms with Crippen molar-refractivity contribution in [2.24, 2.45) is 0 Å². The minimum atomic E-state index is -4.43. The Kier molecular flexibility index (Phi) is 7.53. The predicted octanol–water partition coefficient (Wildman–Crippen LogP) is 3.62. The summed E-state index contributed by atoms with van der Waals surface area (Å²) in [4.78, 5) is 0. The van der Waals surface area contributed by atoms with Gasteiger partial charge >= 0.3 is 6.18 Å². The Morgan fingerprint density at radius 2 is 1.90 bits per heavy atom. The SMILES string of the molecule is CCCNCc1ccc(OCCOCC)c(C(F)(F)F)c1. The molecule has 1 aromatic carbocycles. The fraction of sp³-hybridized carbons (Fsp3) is 0.600. The van der Waals surface area contributed by atoms with E-state index in [4.69, 9.17) is 9.47 Å². The molecule has 0 heterocycles. The summed E-state index contributed by atoms with van der Waals surface area (Å²) in [6, 6.07) is 4.16. The van der Waals surface area contributed by atoms with Gasteiger partial charge in [0.15, 0.2) is 0 Å². The summed E-state index contributed by atoms with van der Waals surface area (Å²) < 4.78 is 49.4. The van der Waals surface area contributed by atoms with Gasteiger partial charge in [0, 0.05) is 13.2 Å². The predicted molar refractivity (Wildman–Crippen MR) is 75.4 cm³/mol. The maximum Gasteiger partial charge on any atom is 0.419 e. The van der Waals surface area contributed by atoms with E-state index in [0.717, 1.165) is 19.0 Å². The number of nitrogens with one attached hydrogen (secondary N) is 1. The topological polar surface area (TPSA) is 30.5 Å². The second-order valence-corrected chi connectivity index (χ2v) is 4.55. The van der Waals surface area contributed by atoms with Crippen LogP contribution in [0.5, 0.6) is 5.75 Å². The first kappa shape index (κ1) is 17.8. The number of hydrogen-bond donors (Lipinski definition) is 1. The summed E-state index contributed by atoms with van der Waals surface area (Å²) in [5, 5.41) is 3.08. The van der Waals surface area contributed by atoms with Gasteiger partial charge in [0.25, 0.3) is 0 Å².